The first-order valence-corrected chi connectivity index (χ1v) is 9.81. The summed E-state index contributed by atoms with van der Waals surface area (Å²) < 4.78 is 11.9. The normalized spacial score (nSPS) is 16.7. The largest absolute Gasteiger partial charge is 0.492 e. The van der Waals surface area contributed by atoms with Gasteiger partial charge in [0.25, 0.3) is 0 Å². The number of pyridine rings is 2. The van der Waals surface area contributed by atoms with Gasteiger partial charge in [0, 0.05) is 48.3 Å². The fraction of sp³-hybridized carbons (Fsp3) is 0.348. The second-order valence-electron chi connectivity index (χ2n) is 8.33. The number of fused-ring (bicyclic) bond motifs is 1. The molecule has 4 rings (SSSR count). The van der Waals surface area contributed by atoms with Crippen LogP contribution in [-0.4, -0.2) is 34.6 Å². The summed E-state index contributed by atoms with van der Waals surface area (Å²) in [6.07, 6.45) is 4.08. The van der Waals surface area contributed by atoms with Gasteiger partial charge in [0.15, 0.2) is 0 Å². The number of benzene rings is 1. The molecule has 2 aromatic heterocycles. The van der Waals surface area contributed by atoms with Gasteiger partial charge in [-0.2, -0.15) is 0 Å². The van der Waals surface area contributed by atoms with E-state index in [2.05, 4.69) is 15.3 Å². The summed E-state index contributed by atoms with van der Waals surface area (Å²) in [5.74, 6) is 1.63. The maximum absolute atomic E-state index is 11.4. The molecule has 1 saturated heterocycles. The van der Waals surface area contributed by atoms with Gasteiger partial charge in [0.1, 0.15) is 11.4 Å². The second kappa shape index (κ2) is 7.70. The van der Waals surface area contributed by atoms with Crippen LogP contribution in [0.1, 0.15) is 27.2 Å². The summed E-state index contributed by atoms with van der Waals surface area (Å²) in [6, 6.07) is 11.8. The zero-order chi connectivity index (χ0) is 20.4. The van der Waals surface area contributed by atoms with Crippen LogP contribution in [0.4, 0.5) is 0 Å². The summed E-state index contributed by atoms with van der Waals surface area (Å²) in [5, 5.41) is 3.80. The molecule has 1 N–H and O–H groups in total. The Balaban J connectivity index is 1.62. The van der Waals surface area contributed by atoms with Crippen molar-refractivity contribution in [3.63, 3.8) is 0 Å². The number of hydrogen-bond acceptors (Lipinski definition) is 5. The van der Waals surface area contributed by atoms with Crippen molar-refractivity contribution >= 4 is 16.8 Å². The van der Waals surface area contributed by atoms with Crippen molar-refractivity contribution in [2.24, 2.45) is 5.92 Å². The zero-order valence-electron chi connectivity index (χ0n) is 16.9. The monoisotopic (exact) mass is 391 g/mol. The van der Waals surface area contributed by atoms with Crippen molar-refractivity contribution in [2.45, 2.75) is 32.8 Å². The molecule has 0 saturated carbocycles. The van der Waals surface area contributed by atoms with E-state index in [1.165, 1.54) is 0 Å². The predicted molar refractivity (Wildman–Crippen MR) is 112 cm³/mol. The molecule has 1 aliphatic rings. The summed E-state index contributed by atoms with van der Waals surface area (Å²) in [7, 11) is 0. The number of nitrogens with one attached hydrogen (secondary N) is 1. The minimum Gasteiger partial charge on any atom is -0.492 e. The molecule has 1 unspecified atom stereocenters. The van der Waals surface area contributed by atoms with Crippen molar-refractivity contribution in [3.8, 4) is 22.8 Å². The topological polar surface area (TPSA) is 73.3 Å². The van der Waals surface area contributed by atoms with E-state index in [9.17, 15) is 4.79 Å². The first-order valence-electron chi connectivity index (χ1n) is 9.81. The van der Waals surface area contributed by atoms with Crippen LogP contribution >= 0.6 is 0 Å². The number of amides is 1. The van der Waals surface area contributed by atoms with Crippen molar-refractivity contribution in [2.75, 3.05) is 13.2 Å². The van der Waals surface area contributed by atoms with Gasteiger partial charge >= 0.3 is 0 Å². The molecule has 1 atom stereocenters. The Bertz CT molecular complexity index is 1030. The smallest absolute Gasteiger partial charge is 0.220 e. The minimum absolute atomic E-state index is 0.0857. The van der Waals surface area contributed by atoms with E-state index in [1.807, 2.05) is 57.2 Å². The van der Waals surface area contributed by atoms with E-state index < -0.39 is 0 Å². The highest BCUT2D eigenvalue weighted by Gasteiger charge is 2.22. The lowest BCUT2D eigenvalue weighted by Gasteiger charge is -2.20. The van der Waals surface area contributed by atoms with Crippen LogP contribution in [0.25, 0.3) is 22.0 Å². The lowest BCUT2D eigenvalue weighted by molar-refractivity contribution is -0.119. The van der Waals surface area contributed by atoms with E-state index in [4.69, 9.17) is 9.47 Å². The molecule has 1 aromatic carbocycles. The number of carbonyl (C=O) groups excluding carboxylic acids is 1. The second-order valence-corrected chi connectivity index (χ2v) is 8.33. The Hall–Kier alpha value is -3.15. The Labute approximate surface area is 170 Å². The number of ether oxygens (including phenoxy) is 2. The van der Waals surface area contributed by atoms with Crippen LogP contribution in [0.3, 0.4) is 0 Å². The van der Waals surface area contributed by atoms with Crippen LogP contribution < -0.4 is 14.8 Å². The summed E-state index contributed by atoms with van der Waals surface area (Å²) in [6.45, 7) is 7.13. The maximum atomic E-state index is 11.4. The number of nitrogens with zero attached hydrogens (tertiary/aromatic N) is 2. The van der Waals surface area contributed by atoms with E-state index in [1.54, 1.807) is 12.4 Å². The van der Waals surface area contributed by atoms with E-state index >= 15 is 0 Å². The highest BCUT2D eigenvalue weighted by molar-refractivity contribution is 5.90. The molecule has 1 aliphatic heterocycles. The average molecular weight is 391 g/mol. The third-order valence-corrected chi connectivity index (χ3v) is 4.70. The van der Waals surface area contributed by atoms with Gasteiger partial charge in [-0.3, -0.25) is 9.78 Å². The third kappa shape index (κ3) is 4.65. The van der Waals surface area contributed by atoms with Crippen molar-refractivity contribution in [1.29, 1.82) is 0 Å². The Morgan fingerprint density at radius 1 is 1.14 bits per heavy atom. The molecule has 29 heavy (non-hydrogen) atoms. The number of hydrogen-bond donors (Lipinski definition) is 1. The number of rotatable bonds is 5. The molecule has 0 bridgehead atoms. The van der Waals surface area contributed by atoms with Crippen LogP contribution in [0.2, 0.25) is 0 Å². The molecular weight excluding hydrogens is 366 g/mol. The first kappa shape index (κ1) is 19.2. The van der Waals surface area contributed by atoms with Gasteiger partial charge in [0.05, 0.1) is 12.1 Å². The van der Waals surface area contributed by atoms with Gasteiger partial charge in [0.2, 0.25) is 11.8 Å². The maximum Gasteiger partial charge on any atom is 0.220 e. The molecule has 0 spiro atoms. The van der Waals surface area contributed by atoms with E-state index in [-0.39, 0.29) is 17.4 Å². The number of carbonyl (C=O) groups is 1. The quantitative estimate of drug-likeness (QED) is 0.712. The lowest BCUT2D eigenvalue weighted by atomic mass is 10.0. The Morgan fingerprint density at radius 2 is 2.00 bits per heavy atom. The van der Waals surface area contributed by atoms with Gasteiger partial charge in [-0.15, -0.1) is 0 Å². The standard InChI is InChI=1S/C23H25N3O3/c1-23(2,3)29-22-7-6-16(13-26-22)17-10-19-18(5-4-8-24-19)20(11-17)28-14-15-9-21(27)25-12-15/h4-8,10-11,13,15H,9,12,14H2,1-3H3,(H,25,27). The van der Waals surface area contributed by atoms with Crippen molar-refractivity contribution in [3.05, 3.63) is 48.8 Å². The number of aromatic nitrogens is 2. The van der Waals surface area contributed by atoms with Crippen LogP contribution in [0.15, 0.2) is 48.8 Å². The molecule has 3 heterocycles. The summed E-state index contributed by atoms with van der Waals surface area (Å²) in [4.78, 5) is 20.4. The SMILES string of the molecule is CC(C)(C)Oc1ccc(-c2cc(OCC3CNC(=O)C3)c3cccnc3c2)cn1. The fourth-order valence-electron chi connectivity index (χ4n) is 3.35. The van der Waals surface area contributed by atoms with Crippen LogP contribution in [0, 0.1) is 5.92 Å². The molecule has 0 radical (unpaired) electrons. The fourth-order valence-corrected chi connectivity index (χ4v) is 3.35. The average Bonchev–Trinajstić information content (AvgIpc) is 3.10. The molecule has 1 fully saturated rings. The van der Waals surface area contributed by atoms with Gasteiger partial charge in [-0.1, -0.05) is 0 Å². The van der Waals surface area contributed by atoms with E-state index in [0.29, 0.717) is 25.5 Å². The molecule has 1 amide bonds. The lowest BCUT2D eigenvalue weighted by Crippen LogP contribution is -2.23. The molecule has 6 nitrogen and oxygen atoms in total. The minimum atomic E-state index is -0.293. The molecule has 150 valence electrons. The van der Waals surface area contributed by atoms with Crippen LogP contribution in [0.5, 0.6) is 11.6 Å². The van der Waals surface area contributed by atoms with Crippen molar-refractivity contribution < 1.29 is 14.3 Å². The highest BCUT2D eigenvalue weighted by Crippen LogP contribution is 2.32. The first-order chi connectivity index (χ1) is 13.9. The predicted octanol–water partition coefficient (Wildman–Crippen LogP) is 3.99. The van der Waals surface area contributed by atoms with Gasteiger partial charge in [-0.05, 0) is 56.7 Å². The molecular formula is C23H25N3O3. The molecule has 6 heteroatoms. The van der Waals surface area contributed by atoms with Gasteiger partial charge < -0.3 is 14.8 Å². The van der Waals surface area contributed by atoms with Crippen molar-refractivity contribution in [1.82, 2.24) is 15.3 Å². The Kier molecular flexibility index (Phi) is 5.09. The summed E-state index contributed by atoms with van der Waals surface area (Å²) in [5.41, 5.74) is 2.50. The zero-order valence-corrected chi connectivity index (χ0v) is 16.9. The van der Waals surface area contributed by atoms with Crippen LogP contribution in [-0.2, 0) is 4.79 Å². The molecule has 0 aliphatic carbocycles. The highest BCUT2D eigenvalue weighted by atomic mass is 16.5. The third-order valence-electron chi connectivity index (χ3n) is 4.70. The molecule has 3 aromatic rings. The Morgan fingerprint density at radius 3 is 2.69 bits per heavy atom. The summed E-state index contributed by atoms with van der Waals surface area (Å²) >= 11 is 0. The van der Waals surface area contributed by atoms with Gasteiger partial charge in [-0.25, -0.2) is 4.98 Å². The van der Waals surface area contributed by atoms with E-state index in [0.717, 1.165) is 27.8 Å².